The molecule has 0 saturated carbocycles. The molecule has 1 aromatic carbocycles. The number of furan rings is 1. The summed E-state index contributed by atoms with van der Waals surface area (Å²) in [4.78, 5) is 0. The molecule has 1 aromatic heterocycles. The van der Waals surface area contributed by atoms with Crippen molar-refractivity contribution in [2.45, 2.75) is 31.6 Å². The van der Waals surface area contributed by atoms with Crippen LogP contribution in [-0.2, 0) is 0 Å². The fraction of sp³-hybridized carbons (Fsp3) is 0.429. The molecule has 18 heavy (non-hydrogen) atoms. The number of hydrogen-bond donors (Lipinski definition) is 1. The van der Waals surface area contributed by atoms with E-state index in [2.05, 4.69) is 13.8 Å². The molecule has 0 aliphatic heterocycles. The zero-order valence-electron chi connectivity index (χ0n) is 10.7. The molecule has 0 spiro atoms. The normalized spacial score (nSPS) is 14.9. The fourth-order valence-electron chi connectivity index (χ4n) is 1.69. The highest BCUT2D eigenvalue weighted by molar-refractivity contribution is 7.99. The van der Waals surface area contributed by atoms with Crippen molar-refractivity contribution in [2.75, 3.05) is 5.75 Å². The molecule has 2 atom stereocenters. The van der Waals surface area contributed by atoms with E-state index in [1.807, 2.05) is 17.8 Å². The Morgan fingerprint density at radius 2 is 2.17 bits per heavy atom. The van der Waals surface area contributed by atoms with Crippen LogP contribution in [-0.4, -0.2) is 11.0 Å². The highest BCUT2D eigenvalue weighted by Crippen LogP contribution is 2.26. The van der Waals surface area contributed by atoms with Crippen LogP contribution in [0.3, 0.4) is 0 Å². The molecule has 2 aromatic rings. The molecule has 0 bridgehead atoms. The Bertz CT molecular complexity index is 525. The van der Waals surface area contributed by atoms with Crippen LogP contribution in [0.15, 0.2) is 28.7 Å². The zero-order valence-corrected chi connectivity index (χ0v) is 11.5. The van der Waals surface area contributed by atoms with Gasteiger partial charge in [0.05, 0.1) is 6.04 Å². The van der Waals surface area contributed by atoms with Gasteiger partial charge in [-0.3, -0.25) is 0 Å². The molecule has 2 rings (SSSR count). The number of rotatable bonds is 5. The quantitative estimate of drug-likeness (QED) is 0.886. The van der Waals surface area contributed by atoms with Gasteiger partial charge in [0.1, 0.15) is 17.2 Å². The smallest absolute Gasteiger partial charge is 0.134 e. The van der Waals surface area contributed by atoms with Crippen LogP contribution in [0.1, 0.15) is 32.1 Å². The SMILES string of the molecule is CCC(C)SCC(N)c1cc2cc(F)ccc2o1. The highest BCUT2D eigenvalue weighted by atomic mass is 32.2. The topological polar surface area (TPSA) is 39.2 Å². The third-order valence-electron chi connectivity index (χ3n) is 3.00. The summed E-state index contributed by atoms with van der Waals surface area (Å²) >= 11 is 1.83. The molecule has 2 N–H and O–H groups in total. The summed E-state index contributed by atoms with van der Waals surface area (Å²) in [5, 5.41) is 1.37. The van der Waals surface area contributed by atoms with Crippen LogP contribution in [0.4, 0.5) is 4.39 Å². The summed E-state index contributed by atoms with van der Waals surface area (Å²) in [7, 11) is 0. The number of hydrogen-bond acceptors (Lipinski definition) is 3. The van der Waals surface area contributed by atoms with Crippen LogP contribution in [0.2, 0.25) is 0 Å². The Hall–Kier alpha value is -1.00. The summed E-state index contributed by atoms with van der Waals surface area (Å²) in [5.74, 6) is 1.29. The van der Waals surface area contributed by atoms with Crippen molar-refractivity contribution in [1.82, 2.24) is 0 Å². The largest absolute Gasteiger partial charge is 0.459 e. The minimum atomic E-state index is -0.252. The van der Waals surface area contributed by atoms with E-state index in [9.17, 15) is 4.39 Å². The average Bonchev–Trinajstić information content (AvgIpc) is 2.78. The molecule has 98 valence electrons. The van der Waals surface area contributed by atoms with Gasteiger partial charge in [0.25, 0.3) is 0 Å². The van der Waals surface area contributed by atoms with E-state index < -0.39 is 0 Å². The van der Waals surface area contributed by atoms with Gasteiger partial charge in [-0.15, -0.1) is 0 Å². The molecule has 0 amide bonds. The molecule has 2 unspecified atom stereocenters. The molecule has 0 fully saturated rings. The van der Waals surface area contributed by atoms with E-state index >= 15 is 0 Å². The summed E-state index contributed by atoms with van der Waals surface area (Å²) < 4.78 is 18.7. The molecular weight excluding hydrogens is 249 g/mol. The molecule has 4 heteroatoms. The molecule has 0 aliphatic carbocycles. The third kappa shape index (κ3) is 3.06. The monoisotopic (exact) mass is 267 g/mol. The van der Waals surface area contributed by atoms with Crippen molar-refractivity contribution in [3.05, 3.63) is 35.8 Å². The molecule has 1 heterocycles. The number of fused-ring (bicyclic) bond motifs is 1. The predicted octanol–water partition coefficient (Wildman–Crippen LogP) is 4.10. The van der Waals surface area contributed by atoms with Gasteiger partial charge < -0.3 is 10.2 Å². The first-order valence-electron chi connectivity index (χ1n) is 6.16. The molecular formula is C14H18FNOS. The van der Waals surface area contributed by atoms with Gasteiger partial charge in [-0.05, 0) is 30.7 Å². The maximum atomic E-state index is 13.1. The lowest BCUT2D eigenvalue weighted by molar-refractivity contribution is 0.515. The molecule has 0 saturated heterocycles. The van der Waals surface area contributed by atoms with E-state index in [-0.39, 0.29) is 11.9 Å². The first-order chi connectivity index (χ1) is 8.60. The maximum absolute atomic E-state index is 13.1. The lowest BCUT2D eigenvalue weighted by Gasteiger charge is -2.11. The Kier molecular flexibility index (Phi) is 4.30. The van der Waals surface area contributed by atoms with Gasteiger partial charge in [0.2, 0.25) is 0 Å². The van der Waals surface area contributed by atoms with Gasteiger partial charge >= 0.3 is 0 Å². The van der Waals surface area contributed by atoms with Crippen molar-refractivity contribution in [1.29, 1.82) is 0 Å². The first kappa shape index (κ1) is 13.4. The average molecular weight is 267 g/mol. The number of benzene rings is 1. The molecule has 2 nitrogen and oxygen atoms in total. The van der Waals surface area contributed by atoms with Crippen molar-refractivity contribution in [3.8, 4) is 0 Å². The van der Waals surface area contributed by atoms with E-state index in [0.717, 1.165) is 23.3 Å². The third-order valence-corrected chi connectivity index (χ3v) is 4.45. The van der Waals surface area contributed by atoms with Gasteiger partial charge in [-0.1, -0.05) is 13.8 Å². The van der Waals surface area contributed by atoms with Gasteiger partial charge in [-0.25, -0.2) is 4.39 Å². The lowest BCUT2D eigenvalue weighted by atomic mass is 10.2. The summed E-state index contributed by atoms with van der Waals surface area (Å²) in [6, 6.07) is 6.20. The number of halogens is 1. The minimum Gasteiger partial charge on any atom is -0.459 e. The number of thioether (sulfide) groups is 1. The second-order valence-corrected chi connectivity index (χ2v) is 5.96. The van der Waals surface area contributed by atoms with Crippen LogP contribution in [0, 0.1) is 5.82 Å². The number of nitrogens with two attached hydrogens (primary N) is 1. The van der Waals surface area contributed by atoms with Crippen LogP contribution in [0.25, 0.3) is 11.0 Å². The second kappa shape index (κ2) is 5.76. The van der Waals surface area contributed by atoms with E-state index in [1.54, 1.807) is 6.07 Å². The fourth-order valence-corrected chi connectivity index (χ4v) is 2.62. The van der Waals surface area contributed by atoms with Gasteiger partial charge in [0, 0.05) is 16.4 Å². The Labute approximate surface area is 111 Å². The van der Waals surface area contributed by atoms with Crippen LogP contribution < -0.4 is 5.73 Å². The lowest BCUT2D eigenvalue weighted by Crippen LogP contribution is -2.13. The van der Waals surface area contributed by atoms with Crippen molar-refractivity contribution in [3.63, 3.8) is 0 Å². The molecule has 0 aliphatic rings. The second-order valence-electron chi connectivity index (χ2n) is 4.49. The van der Waals surface area contributed by atoms with Crippen molar-refractivity contribution >= 4 is 22.7 Å². The predicted molar refractivity (Wildman–Crippen MR) is 75.3 cm³/mol. The van der Waals surface area contributed by atoms with E-state index in [1.165, 1.54) is 12.1 Å². The summed E-state index contributed by atoms with van der Waals surface area (Å²) in [6.45, 7) is 4.35. The van der Waals surface area contributed by atoms with Crippen molar-refractivity contribution < 1.29 is 8.81 Å². The van der Waals surface area contributed by atoms with Gasteiger partial charge in [0.15, 0.2) is 0 Å². The van der Waals surface area contributed by atoms with E-state index in [4.69, 9.17) is 10.2 Å². The standard InChI is InChI=1S/C14H18FNOS/c1-3-9(2)18-8-12(16)14-7-10-6-11(15)4-5-13(10)17-14/h4-7,9,12H,3,8,16H2,1-2H3. The minimum absolute atomic E-state index is 0.139. The molecule has 0 radical (unpaired) electrons. The highest BCUT2D eigenvalue weighted by Gasteiger charge is 2.13. The Balaban J connectivity index is 2.10. The van der Waals surface area contributed by atoms with Crippen LogP contribution in [0.5, 0.6) is 0 Å². The van der Waals surface area contributed by atoms with Gasteiger partial charge in [-0.2, -0.15) is 11.8 Å². The summed E-state index contributed by atoms with van der Waals surface area (Å²) in [6.07, 6.45) is 1.13. The maximum Gasteiger partial charge on any atom is 0.134 e. The van der Waals surface area contributed by atoms with Crippen molar-refractivity contribution in [2.24, 2.45) is 5.73 Å². The Morgan fingerprint density at radius 1 is 1.39 bits per heavy atom. The summed E-state index contributed by atoms with van der Waals surface area (Å²) in [5.41, 5.74) is 6.78. The Morgan fingerprint density at radius 3 is 2.89 bits per heavy atom. The first-order valence-corrected chi connectivity index (χ1v) is 7.21. The van der Waals surface area contributed by atoms with E-state index in [0.29, 0.717) is 10.8 Å². The zero-order chi connectivity index (χ0) is 13.1. The van der Waals surface area contributed by atoms with Crippen LogP contribution >= 0.6 is 11.8 Å².